The fourth-order valence-corrected chi connectivity index (χ4v) is 6.97. The van der Waals surface area contributed by atoms with Crippen molar-refractivity contribution >= 4 is 17.3 Å². The molecule has 3 heterocycles. The topological polar surface area (TPSA) is 37.2 Å². The van der Waals surface area contributed by atoms with Crippen LogP contribution in [0.25, 0.3) is 5.69 Å². The van der Waals surface area contributed by atoms with E-state index in [1.807, 2.05) is 10.6 Å². The molecule has 4 aliphatic rings. The van der Waals surface area contributed by atoms with E-state index in [0.29, 0.717) is 35.1 Å². The van der Waals surface area contributed by atoms with E-state index >= 15 is 0 Å². The summed E-state index contributed by atoms with van der Waals surface area (Å²) >= 11 is 6.26. The largest absolute Gasteiger partial charge is 0.406 e. The lowest BCUT2D eigenvalue weighted by Crippen LogP contribution is -2.62. The molecule has 2 aliphatic heterocycles. The van der Waals surface area contributed by atoms with Gasteiger partial charge in [-0.3, -0.25) is 9.47 Å². The van der Waals surface area contributed by atoms with Gasteiger partial charge in [0.2, 0.25) is 0 Å². The van der Waals surface area contributed by atoms with Crippen LogP contribution in [0.15, 0.2) is 30.3 Å². The summed E-state index contributed by atoms with van der Waals surface area (Å²) in [4.78, 5) is 3.22. The Hall–Kier alpha value is -2.72. The second kappa shape index (κ2) is 7.91. The fourth-order valence-electron chi connectivity index (χ4n) is 6.77. The van der Waals surface area contributed by atoms with Gasteiger partial charge in [0.15, 0.2) is 11.6 Å². The Morgan fingerprint density at radius 2 is 1.74 bits per heavy atom. The molecule has 1 spiro atoms. The molecule has 200 valence electrons. The van der Waals surface area contributed by atoms with Crippen LogP contribution in [0.2, 0.25) is 5.02 Å². The van der Waals surface area contributed by atoms with Gasteiger partial charge in [0.1, 0.15) is 22.9 Å². The van der Waals surface area contributed by atoms with Gasteiger partial charge in [0, 0.05) is 36.0 Å². The Morgan fingerprint density at radius 3 is 2.42 bits per heavy atom. The number of anilines is 1. The average Bonchev–Trinajstić information content (AvgIpc) is 3.56. The molecule has 0 radical (unpaired) electrons. The summed E-state index contributed by atoms with van der Waals surface area (Å²) in [6, 6.07) is 8.02. The molecule has 2 aliphatic carbocycles. The van der Waals surface area contributed by atoms with Crippen molar-refractivity contribution in [2.75, 3.05) is 18.0 Å². The Kier molecular flexibility index (Phi) is 5.06. The highest BCUT2D eigenvalue weighted by Crippen LogP contribution is 2.58. The highest BCUT2D eigenvalue weighted by atomic mass is 35.5. The van der Waals surface area contributed by atoms with Crippen LogP contribution in [-0.2, 0) is 13.1 Å². The van der Waals surface area contributed by atoms with Gasteiger partial charge in [-0.25, -0.2) is 8.78 Å². The number of nitrogens with zero attached hydrogens (tertiary/aromatic N) is 5. The van der Waals surface area contributed by atoms with Crippen molar-refractivity contribution in [3.05, 3.63) is 69.8 Å². The lowest BCUT2D eigenvalue weighted by atomic mass is 9.57. The minimum absolute atomic E-state index is 0.0278. The molecule has 38 heavy (non-hydrogen) atoms. The summed E-state index contributed by atoms with van der Waals surface area (Å²) in [5.74, 6) is 0.175. The van der Waals surface area contributed by atoms with Crippen molar-refractivity contribution in [1.29, 1.82) is 0 Å². The lowest BCUT2D eigenvalue weighted by molar-refractivity contribution is -0.200. The maximum Gasteiger partial charge on any atom is 0.406 e. The average molecular weight is 550 g/mol. The number of hydrogen-bond acceptors (Lipinski definition) is 4. The zero-order chi connectivity index (χ0) is 26.6. The lowest BCUT2D eigenvalue weighted by Gasteiger charge is -2.59. The molecule has 0 amide bonds. The number of halogens is 6. The Bertz CT molecular complexity index is 1450. The summed E-state index contributed by atoms with van der Waals surface area (Å²) in [5.41, 5.74) is -0.00377. The first-order valence-corrected chi connectivity index (χ1v) is 13.1. The van der Waals surface area contributed by atoms with Crippen molar-refractivity contribution in [2.45, 2.75) is 63.3 Å². The maximum absolute atomic E-state index is 14.6. The van der Waals surface area contributed by atoms with Crippen molar-refractivity contribution in [3.63, 3.8) is 0 Å². The van der Waals surface area contributed by atoms with Crippen LogP contribution < -0.4 is 4.90 Å². The number of alkyl halides is 3. The molecular weight excluding hydrogens is 525 g/mol. The van der Waals surface area contributed by atoms with Gasteiger partial charge in [-0.2, -0.15) is 13.2 Å². The second-order valence-corrected chi connectivity index (χ2v) is 11.9. The first kappa shape index (κ1) is 24.3. The third kappa shape index (κ3) is 3.45. The van der Waals surface area contributed by atoms with Crippen molar-refractivity contribution in [3.8, 4) is 5.69 Å². The SMILES string of the molecule is Cc1ccc(F)c(N2CC3(CC(c4nnc5n4-c4ccc(Cl)cc4CN(C4(C(F)(F)F)CC4)C5)C3)C2)c1F. The van der Waals surface area contributed by atoms with Gasteiger partial charge in [-0.05, 0) is 68.0 Å². The van der Waals surface area contributed by atoms with Crippen LogP contribution >= 0.6 is 11.6 Å². The summed E-state index contributed by atoms with van der Waals surface area (Å²) in [7, 11) is 0. The van der Waals surface area contributed by atoms with E-state index in [1.54, 1.807) is 24.0 Å². The zero-order valence-corrected chi connectivity index (χ0v) is 21.4. The highest BCUT2D eigenvalue weighted by molar-refractivity contribution is 6.30. The van der Waals surface area contributed by atoms with E-state index in [0.717, 1.165) is 24.4 Å². The van der Waals surface area contributed by atoms with Crippen LogP contribution in [0.5, 0.6) is 0 Å². The van der Waals surface area contributed by atoms with E-state index in [1.165, 1.54) is 17.0 Å². The maximum atomic E-state index is 14.6. The highest BCUT2D eigenvalue weighted by Gasteiger charge is 2.67. The molecule has 2 aromatic carbocycles. The molecule has 3 aromatic rings. The molecule has 1 saturated heterocycles. The van der Waals surface area contributed by atoms with E-state index < -0.39 is 23.3 Å². The minimum Gasteiger partial charge on any atom is -0.366 e. The zero-order valence-electron chi connectivity index (χ0n) is 20.6. The molecule has 0 atom stereocenters. The number of benzene rings is 2. The minimum atomic E-state index is -4.34. The van der Waals surface area contributed by atoms with Crippen LogP contribution in [-0.4, -0.2) is 44.5 Å². The summed E-state index contributed by atoms with van der Waals surface area (Å²) in [6.07, 6.45) is -2.66. The summed E-state index contributed by atoms with van der Waals surface area (Å²) in [6.45, 7) is 2.88. The molecule has 0 N–H and O–H groups in total. The predicted octanol–water partition coefficient (Wildman–Crippen LogP) is 6.30. The van der Waals surface area contributed by atoms with Crippen LogP contribution in [0.1, 0.15) is 54.4 Å². The van der Waals surface area contributed by atoms with Crippen LogP contribution in [0, 0.1) is 24.0 Å². The van der Waals surface area contributed by atoms with E-state index in [9.17, 15) is 22.0 Å². The molecule has 2 saturated carbocycles. The smallest absolute Gasteiger partial charge is 0.366 e. The van der Waals surface area contributed by atoms with Gasteiger partial charge in [0.25, 0.3) is 0 Å². The summed E-state index contributed by atoms with van der Waals surface area (Å²) < 4.78 is 73.0. The van der Waals surface area contributed by atoms with Gasteiger partial charge in [-0.15, -0.1) is 10.2 Å². The number of fused-ring (bicyclic) bond motifs is 3. The third-order valence-electron chi connectivity index (χ3n) is 8.94. The fraction of sp³-hybridized carbons (Fsp3) is 0.481. The van der Waals surface area contributed by atoms with E-state index in [2.05, 4.69) is 10.2 Å². The van der Waals surface area contributed by atoms with E-state index in [-0.39, 0.29) is 43.0 Å². The number of hydrogen-bond donors (Lipinski definition) is 0. The van der Waals surface area contributed by atoms with E-state index in [4.69, 9.17) is 11.6 Å². The molecule has 3 fully saturated rings. The monoisotopic (exact) mass is 549 g/mol. The summed E-state index contributed by atoms with van der Waals surface area (Å²) in [5, 5.41) is 9.29. The number of aryl methyl sites for hydroxylation is 1. The quantitative estimate of drug-likeness (QED) is 0.359. The Labute approximate surface area is 221 Å². The van der Waals surface area contributed by atoms with Crippen LogP contribution in [0.4, 0.5) is 27.6 Å². The normalized spacial score (nSPS) is 21.9. The van der Waals surface area contributed by atoms with Gasteiger partial charge >= 0.3 is 6.18 Å². The first-order chi connectivity index (χ1) is 18.0. The van der Waals surface area contributed by atoms with Crippen molar-refractivity contribution < 1.29 is 22.0 Å². The molecule has 5 nitrogen and oxygen atoms in total. The standard InChI is InChI=1S/C27H25ClF5N5/c1-15-2-4-19(29)23(22(15)30)36-13-25(14-36)9-17(10-25)24-35-34-21-12-37(26(6-7-26)27(31,32)33)11-16-8-18(28)3-5-20(16)38(21)24/h2-5,8,17H,6-7,9-14H2,1H3. The predicted molar refractivity (Wildman–Crippen MR) is 131 cm³/mol. The van der Waals surface area contributed by atoms with Crippen molar-refractivity contribution in [2.24, 2.45) is 5.41 Å². The van der Waals surface area contributed by atoms with Crippen molar-refractivity contribution in [1.82, 2.24) is 19.7 Å². The molecule has 0 unspecified atom stereocenters. The molecule has 11 heteroatoms. The van der Waals surface area contributed by atoms with Gasteiger partial charge < -0.3 is 4.90 Å². The number of aromatic nitrogens is 3. The Balaban J connectivity index is 1.16. The molecular formula is C27H25ClF5N5. The molecule has 1 aromatic heterocycles. The number of rotatable bonds is 3. The Morgan fingerprint density at radius 1 is 1.00 bits per heavy atom. The first-order valence-electron chi connectivity index (χ1n) is 12.7. The van der Waals surface area contributed by atoms with Crippen LogP contribution in [0.3, 0.4) is 0 Å². The third-order valence-corrected chi connectivity index (χ3v) is 9.18. The molecule has 0 bridgehead atoms. The molecule has 7 rings (SSSR count). The van der Waals surface area contributed by atoms with Gasteiger partial charge in [0.05, 0.1) is 12.2 Å². The second-order valence-electron chi connectivity index (χ2n) is 11.5. The van der Waals surface area contributed by atoms with Gasteiger partial charge in [-0.1, -0.05) is 17.7 Å².